The molecule has 2 amide bonds. The summed E-state index contributed by atoms with van der Waals surface area (Å²) >= 11 is 0. The zero-order valence-electron chi connectivity index (χ0n) is 35.2. The number of fused-ring (bicyclic) bond motifs is 7. The molecule has 0 unspecified atom stereocenters. The summed E-state index contributed by atoms with van der Waals surface area (Å²) in [7, 11) is 0. The van der Waals surface area contributed by atoms with Crippen LogP contribution in [0.3, 0.4) is 0 Å². The largest absolute Gasteiger partial charge is 0.481 e. The van der Waals surface area contributed by atoms with Crippen LogP contribution in [0.5, 0.6) is 0 Å². The Morgan fingerprint density at radius 3 is 2.18 bits per heavy atom. The van der Waals surface area contributed by atoms with Gasteiger partial charge in [-0.3, -0.25) is 19.3 Å². The molecular weight excluding hydrogens is 685 g/mol. The Balaban J connectivity index is 1.33. The van der Waals surface area contributed by atoms with Gasteiger partial charge in [-0.25, -0.2) is 0 Å². The second kappa shape index (κ2) is 16.0. The van der Waals surface area contributed by atoms with E-state index in [1.807, 2.05) is 30.3 Å². The van der Waals surface area contributed by atoms with Gasteiger partial charge in [-0.05, 0) is 147 Å². The highest BCUT2D eigenvalue weighted by molar-refractivity contribution is 5.99. The van der Waals surface area contributed by atoms with Crippen molar-refractivity contribution in [3.63, 3.8) is 0 Å². The van der Waals surface area contributed by atoms with Crippen LogP contribution in [0.4, 0.5) is 0 Å². The van der Waals surface area contributed by atoms with Crippen molar-refractivity contribution in [2.45, 2.75) is 163 Å². The molecule has 6 rings (SSSR count). The molecule has 1 aromatic rings. The minimum absolute atomic E-state index is 0.00311. The van der Waals surface area contributed by atoms with Crippen LogP contribution in [0.1, 0.15) is 162 Å². The summed E-state index contributed by atoms with van der Waals surface area (Å²) in [6.07, 6.45) is 14.3. The first-order chi connectivity index (χ1) is 26.0. The van der Waals surface area contributed by atoms with E-state index in [1.54, 1.807) is 4.90 Å². The van der Waals surface area contributed by atoms with Crippen LogP contribution < -0.4 is 5.73 Å². The number of aliphatic hydroxyl groups is 1. The molecular formula is C48H74N2O5. The average molecular weight is 759 g/mol. The number of carboxylic acid groups (broad SMARTS) is 1. The van der Waals surface area contributed by atoms with Gasteiger partial charge >= 0.3 is 5.97 Å². The highest BCUT2D eigenvalue weighted by atomic mass is 16.4. The number of amides is 2. The highest BCUT2D eigenvalue weighted by Crippen LogP contribution is 2.77. The van der Waals surface area contributed by atoms with Crippen LogP contribution in [0.2, 0.25) is 0 Å². The Bertz CT molecular complexity index is 1570. The van der Waals surface area contributed by atoms with Crippen molar-refractivity contribution in [1.29, 1.82) is 0 Å². The number of hydrogen-bond acceptors (Lipinski definition) is 5. The van der Waals surface area contributed by atoms with Gasteiger partial charge in [-0.1, -0.05) is 96.4 Å². The van der Waals surface area contributed by atoms with E-state index in [9.17, 15) is 19.8 Å². The monoisotopic (exact) mass is 759 g/mol. The smallest absolute Gasteiger partial charge is 0.303 e. The maximum absolute atomic E-state index is 15.6. The first-order valence-corrected chi connectivity index (χ1v) is 22.1. The molecule has 11 atom stereocenters. The molecule has 55 heavy (non-hydrogen) atoms. The van der Waals surface area contributed by atoms with Gasteiger partial charge in [-0.15, -0.1) is 0 Å². The van der Waals surface area contributed by atoms with E-state index in [2.05, 4.69) is 48.1 Å². The van der Waals surface area contributed by atoms with E-state index in [0.29, 0.717) is 30.8 Å². The number of nitrogens with zero attached hydrogens (tertiary/aromatic N) is 1. The van der Waals surface area contributed by atoms with E-state index >= 15 is 4.79 Å². The predicted octanol–water partition coefficient (Wildman–Crippen LogP) is 9.92. The standard InChI is InChI=1S/C48H74N2O5/c1-32(2)35-20-25-48(43(55)50(29-15-10-8-9-14-28-49)40(52)30-34(31-41(53)54)33-16-12-11-13-17-33)27-26-46(6)36(42(35)48)18-19-38-45(5)23-22-39(51)44(3,4)37(45)21-24-47(38,46)7/h11-13,16-17,34-39,42,51H,1,8-10,14-15,18-31,49H2,2-7H3,(H,53,54)/t34-,35-,36+,37-,38+,39-,42+,45-,46+,47+,48-/m0/s1. The lowest BCUT2D eigenvalue weighted by Crippen LogP contribution is -2.67. The van der Waals surface area contributed by atoms with Crippen LogP contribution in [0.25, 0.3) is 0 Å². The number of carbonyl (C=O) groups excluding carboxylic acids is 2. The molecule has 5 aliphatic carbocycles. The molecule has 7 nitrogen and oxygen atoms in total. The third-order valence-electron chi connectivity index (χ3n) is 17.7. The van der Waals surface area contributed by atoms with Crippen molar-refractivity contribution >= 4 is 17.8 Å². The molecule has 0 aliphatic heterocycles. The fourth-order valence-corrected chi connectivity index (χ4v) is 14.6. The van der Waals surface area contributed by atoms with Gasteiger partial charge in [0.05, 0.1) is 17.9 Å². The van der Waals surface area contributed by atoms with Gasteiger partial charge in [-0.2, -0.15) is 0 Å². The number of carboxylic acids is 1. The summed E-state index contributed by atoms with van der Waals surface area (Å²) in [5.41, 5.74) is 7.37. The lowest BCUT2D eigenvalue weighted by Gasteiger charge is -2.72. The van der Waals surface area contributed by atoms with E-state index in [1.165, 1.54) is 5.57 Å². The summed E-state index contributed by atoms with van der Waals surface area (Å²) in [6, 6.07) is 9.47. The van der Waals surface area contributed by atoms with E-state index in [0.717, 1.165) is 102 Å². The van der Waals surface area contributed by atoms with Gasteiger partial charge in [0, 0.05) is 18.9 Å². The number of nitrogens with two attached hydrogens (primary N) is 1. The molecule has 0 radical (unpaired) electrons. The van der Waals surface area contributed by atoms with Crippen molar-refractivity contribution in [3.05, 3.63) is 48.0 Å². The number of imide groups is 1. The first kappa shape index (κ1) is 42.1. The number of unbranched alkanes of at least 4 members (excludes halogenated alkanes) is 4. The van der Waals surface area contributed by atoms with Crippen molar-refractivity contribution < 1.29 is 24.6 Å². The number of hydrogen-bond donors (Lipinski definition) is 3. The Hall–Kier alpha value is -2.51. The molecule has 5 aliphatic rings. The van der Waals surface area contributed by atoms with Gasteiger partial charge in [0.15, 0.2) is 0 Å². The second-order valence-electron chi connectivity index (χ2n) is 20.5. The van der Waals surface area contributed by atoms with E-state index < -0.39 is 17.3 Å². The first-order valence-electron chi connectivity index (χ1n) is 22.1. The van der Waals surface area contributed by atoms with E-state index in [-0.39, 0.29) is 64.3 Å². The molecule has 0 spiro atoms. The summed E-state index contributed by atoms with van der Waals surface area (Å²) in [6.45, 7) is 20.1. The number of aliphatic hydroxyl groups excluding tert-OH is 1. The minimum atomic E-state index is -0.940. The Kier molecular flexibility index (Phi) is 12.3. The van der Waals surface area contributed by atoms with Crippen LogP contribution in [0.15, 0.2) is 42.5 Å². The van der Waals surface area contributed by atoms with Crippen LogP contribution >= 0.6 is 0 Å². The lowest BCUT2D eigenvalue weighted by molar-refractivity contribution is -0.247. The summed E-state index contributed by atoms with van der Waals surface area (Å²) in [5.74, 6) is 0.125. The molecule has 5 saturated carbocycles. The maximum Gasteiger partial charge on any atom is 0.303 e. The molecule has 4 N–H and O–H groups in total. The summed E-state index contributed by atoms with van der Waals surface area (Å²) in [5, 5.41) is 21.1. The third-order valence-corrected chi connectivity index (χ3v) is 17.7. The third kappa shape index (κ3) is 7.18. The van der Waals surface area contributed by atoms with Crippen LogP contribution in [0, 0.1) is 56.7 Å². The van der Waals surface area contributed by atoms with Gasteiger partial charge in [0.2, 0.25) is 11.8 Å². The summed E-state index contributed by atoms with van der Waals surface area (Å²) in [4.78, 5) is 44.0. The van der Waals surface area contributed by atoms with Gasteiger partial charge < -0.3 is 15.9 Å². The lowest BCUT2D eigenvalue weighted by atomic mass is 9.32. The Labute approximate surface area is 332 Å². The minimum Gasteiger partial charge on any atom is -0.481 e. The average Bonchev–Trinajstić information content (AvgIpc) is 3.54. The van der Waals surface area contributed by atoms with Crippen LogP contribution in [-0.2, 0) is 14.4 Å². The van der Waals surface area contributed by atoms with Gasteiger partial charge in [0.25, 0.3) is 0 Å². The van der Waals surface area contributed by atoms with Crippen molar-refractivity contribution in [1.82, 2.24) is 4.90 Å². The quantitative estimate of drug-likeness (QED) is 0.128. The molecule has 5 fully saturated rings. The van der Waals surface area contributed by atoms with Crippen molar-refractivity contribution in [2.75, 3.05) is 13.1 Å². The number of allylic oxidation sites excluding steroid dienone is 1. The normalized spacial score (nSPS) is 38.1. The molecule has 1 aromatic carbocycles. The summed E-state index contributed by atoms with van der Waals surface area (Å²) < 4.78 is 0. The Morgan fingerprint density at radius 2 is 1.51 bits per heavy atom. The molecule has 0 bridgehead atoms. The molecule has 7 heteroatoms. The second-order valence-corrected chi connectivity index (χ2v) is 20.5. The fraction of sp³-hybridized carbons (Fsp3) is 0.771. The van der Waals surface area contributed by atoms with Crippen LogP contribution in [-0.4, -0.2) is 52.1 Å². The fourth-order valence-electron chi connectivity index (χ4n) is 14.6. The van der Waals surface area contributed by atoms with Crippen molar-refractivity contribution in [2.24, 2.45) is 62.4 Å². The van der Waals surface area contributed by atoms with Gasteiger partial charge in [0.1, 0.15) is 0 Å². The SMILES string of the molecule is C=C(C)[C@@H]1CC[C@]2(C(=O)N(CCCCCCCN)C(=O)C[C@@H](CC(=O)O)c3ccccc3)CC[C@]3(C)[C@H](CC[C@@H]4[C@@]5(C)CC[C@H](O)C(C)(C)[C@@H]5CC[C@]43C)[C@@H]12. The zero-order chi connectivity index (χ0) is 40.0. The molecule has 0 saturated heterocycles. The zero-order valence-corrected chi connectivity index (χ0v) is 35.2. The molecule has 0 aromatic heterocycles. The highest BCUT2D eigenvalue weighted by Gasteiger charge is 2.72. The molecule has 0 heterocycles. The topological polar surface area (TPSA) is 121 Å². The predicted molar refractivity (Wildman–Crippen MR) is 220 cm³/mol. The number of aliphatic carboxylic acids is 1. The number of benzene rings is 1. The Morgan fingerprint density at radius 1 is 0.818 bits per heavy atom. The van der Waals surface area contributed by atoms with Crippen molar-refractivity contribution in [3.8, 4) is 0 Å². The number of rotatable bonds is 14. The maximum atomic E-state index is 15.6. The van der Waals surface area contributed by atoms with E-state index in [4.69, 9.17) is 5.73 Å². The molecule has 306 valence electrons. The number of carbonyl (C=O) groups is 3.